The Labute approximate surface area is 90.3 Å². The standard InChI is InChI=1S/C10H14BNOS/c11-12-5-1-3-9(12)7-13-8-10-4-2-6-14-10/h2,4,6,9H,1,3,5,7-8H2. The van der Waals surface area contributed by atoms with Crippen LogP contribution in [0.25, 0.3) is 0 Å². The number of ether oxygens (including phenoxy) is 1. The minimum absolute atomic E-state index is 0.426. The molecular formula is C10H14BNOS. The lowest BCUT2D eigenvalue weighted by molar-refractivity contribution is 0.0895. The number of rotatable bonds is 4. The first-order chi connectivity index (χ1) is 6.86. The Morgan fingerprint density at radius 1 is 1.64 bits per heavy atom. The third kappa shape index (κ3) is 2.59. The van der Waals surface area contributed by atoms with E-state index in [-0.39, 0.29) is 0 Å². The van der Waals surface area contributed by atoms with Gasteiger partial charge in [-0.05, 0) is 30.8 Å². The molecule has 1 aromatic heterocycles. The Hall–Kier alpha value is -0.315. The summed E-state index contributed by atoms with van der Waals surface area (Å²) in [7, 11) is 5.79. The number of hydrogen-bond donors (Lipinski definition) is 0. The molecule has 1 saturated heterocycles. The fourth-order valence-electron chi connectivity index (χ4n) is 1.73. The summed E-state index contributed by atoms with van der Waals surface area (Å²) < 4.78 is 5.62. The summed E-state index contributed by atoms with van der Waals surface area (Å²) in [5.74, 6) is 0. The Balaban J connectivity index is 1.68. The van der Waals surface area contributed by atoms with Gasteiger partial charge in [0.05, 0.1) is 13.2 Å². The van der Waals surface area contributed by atoms with Crippen molar-refractivity contribution in [2.24, 2.45) is 0 Å². The second-order valence-corrected chi connectivity index (χ2v) is 4.66. The SMILES string of the molecule is [B]N1CCCC1COCc1cccs1. The van der Waals surface area contributed by atoms with Crippen LogP contribution in [0, 0.1) is 0 Å². The van der Waals surface area contributed by atoms with E-state index in [1.54, 1.807) is 11.3 Å². The predicted octanol–water partition coefficient (Wildman–Crippen LogP) is 1.81. The zero-order valence-corrected chi connectivity index (χ0v) is 9.00. The molecule has 0 aliphatic carbocycles. The van der Waals surface area contributed by atoms with Crippen molar-refractivity contribution in [3.05, 3.63) is 22.4 Å². The van der Waals surface area contributed by atoms with Crippen LogP contribution in [0.3, 0.4) is 0 Å². The van der Waals surface area contributed by atoms with E-state index in [9.17, 15) is 0 Å². The normalized spacial score (nSPS) is 23.0. The highest BCUT2D eigenvalue weighted by Crippen LogP contribution is 2.16. The van der Waals surface area contributed by atoms with Crippen molar-refractivity contribution < 1.29 is 4.74 Å². The molecule has 1 unspecified atom stereocenters. The first-order valence-corrected chi connectivity index (χ1v) is 5.85. The van der Waals surface area contributed by atoms with Crippen LogP contribution in [0.15, 0.2) is 17.5 Å². The van der Waals surface area contributed by atoms with E-state index >= 15 is 0 Å². The zero-order chi connectivity index (χ0) is 9.80. The summed E-state index contributed by atoms with van der Waals surface area (Å²) in [5.41, 5.74) is 0. The molecule has 1 fully saturated rings. The number of nitrogens with zero attached hydrogens (tertiary/aromatic N) is 1. The molecule has 0 spiro atoms. The molecule has 2 heterocycles. The highest BCUT2D eigenvalue weighted by Gasteiger charge is 2.19. The quantitative estimate of drug-likeness (QED) is 0.698. The molecular weight excluding hydrogens is 193 g/mol. The lowest BCUT2D eigenvalue weighted by Crippen LogP contribution is -2.30. The summed E-state index contributed by atoms with van der Waals surface area (Å²) in [6.07, 6.45) is 2.37. The molecule has 1 aliphatic heterocycles. The fraction of sp³-hybridized carbons (Fsp3) is 0.600. The molecule has 1 aromatic rings. The average molecular weight is 207 g/mol. The van der Waals surface area contributed by atoms with Crippen LogP contribution < -0.4 is 0 Å². The zero-order valence-electron chi connectivity index (χ0n) is 8.19. The van der Waals surface area contributed by atoms with Crippen molar-refractivity contribution in [2.45, 2.75) is 25.5 Å². The van der Waals surface area contributed by atoms with Gasteiger partial charge in [0.25, 0.3) is 0 Å². The second kappa shape index (κ2) is 4.96. The lowest BCUT2D eigenvalue weighted by Gasteiger charge is -2.19. The first-order valence-electron chi connectivity index (χ1n) is 4.98. The van der Waals surface area contributed by atoms with E-state index < -0.39 is 0 Å². The molecule has 4 heteroatoms. The highest BCUT2D eigenvalue weighted by molar-refractivity contribution is 7.09. The largest absolute Gasteiger partial charge is 0.374 e. The molecule has 0 N–H and O–H groups in total. The molecule has 0 bridgehead atoms. The summed E-state index contributed by atoms with van der Waals surface area (Å²) in [6, 6.07) is 4.57. The summed E-state index contributed by atoms with van der Waals surface area (Å²) >= 11 is 1.74. The van der Waals surface area contributed by atoms with Gasteiger partial charge in [0.2, 0.25) is 0 Å². The van der Waals surface area contributed by atoms with Gasteiger partial charge >= 0.3 is 0 Å². The van der Waals surface area contributed by atoms with E-state index in [0.29, 0.717) is 6.04 Å². The average Bonchev–Trinajstić information content (AvgIpc) is 2.78. The molecule has 0 amide bonds. The van der Waals surface area contributed by atoms with Gasteiger partial charge in [-0.3, -0.25) is 0 Å². The van der Waals surface area contributed by atoms with Gasteiger partial charge in [0.15, 0.2) is 7.98 Å². The van der Waals surface area contributed by atoms with Gasteiger partial charge in [-0.2, -0.15) is 0 Å². The van der Waals surface area contributed by atoms with E-state index in [4.69, 9.17) is 12.7 Å². The van der Waals surface area contributed by atoms with Crippen LogP contribution in [0.1, 0.15) is 17.7 Å². The molecule has 14 heavy (non-hydrogen) atoms. The van der Waals surface area contributed by atoms with Crippen LogP contribution in [-0.4, -0.2) is 32.0 Å². The predicted molar refractivity (Wildman–Crippen MR) is 59.5 cm³/mol. The smallest absolute Gasteiger partial charge is 0.182 e. The molecule has 0 aromatic carbocycles. The van der Waals surface area contributed by atoms with Gasteiger partial charge in [0.1, 0.15) is 0 Å². The first kappa shape index (κ1) is 10.2. The van der Waals surface area contributed by atoms with E-state index in [0.717, 1.165) is 19.8 Å². The van der Waals surface area contributed by atoms with Crippen molar-refractivity contribution in [3.63, 3.8) is 0 Å². The maximum atomic E-state index is 5.79. The minimum atomic E-state index is 0.426. The number of thiophene rings is 1. The van der Waals surface area contributed by atoms with Crippen LogP contribution in [-0.2, 0) is 11.3 Å². The van der Waals surface area contributed by atoms with Gasteiger partial charge in [-0.15, -0.1) is 11.3 Å². The summed E-state index contributed by atoms with van der Waals surface area (Å²) in [5, 5.41) is 2.07. The van der Waals surface area contributed by atoms with Crippen LogP contribution in [0.4, 0.5) is 0 Å². The highest BCUT2D eigenvalue weighted by atomic mass is 32.1. The Kier molecular flexibility index (Phi) is 3.62. The third-order valence-corrected chi connectivity index (χ3v) is 3.41. The van der Waals surface area contributed by atoms with Crippen molar-refractivity contribution in [2.75, 3.05) is 13.2 Å². The van der Waals surface area contributed by atoms with Crippen molar-refractivity contribution in [1.29, 1.82) is 0 Å². The lowest BCUT2D eigenvalue weighted by atomic mass is 10.2. The molecule has 0 saturated carbocycles. The van der Waals surface area contributed by atoms with Gasteiger partial charge < -0.3 is 9.55 Å². The van der Waals surface area contributed by atoms with Crippen LogP contribution in [0.2, 0.25) is 0 Å². The van der Waals surface area contributed by atoms with E-state index in [1.807, 2.05) is 10.9 Å². The Bertz CT molecular complexity index is 265. The second-order valence-electron chi connectivity index (χ2n) is 3.63. The monoisotopic (exact) mass is 207 g/mol. The molecule has 2 nitrogen and oxygen atoms in total. The summed E-state index contributed by atoms with van der Waals surface area (Å²) in [6.45, 7) is 2.49. The van der Waals surface area contributed by atoms with Gasteiger partial charge in [-0.1, -0.05) is 6.07 Å². The summed E-state index contributed by atoms with van der Waals surface area (Å²) in [4.78, 5) is 3.18. The maximum absolute atomic E-state index is 5.79. The maximum Gasteiger partial charge on any atom is 0.182 e. The van der Waals surface area contributed by atoms with Crippen LogP contribution in [0.5, 0.6) is 0 Å². The Morgan fingerprint density at radius 2 is 2.57 bits per heavy atom. The molecule has 1 atom stereocenters. The third-order valence-electron chi connectivity index (χ3n) is 2.56. The minimum Gasteiger partial charge on any atom is -0.374 e. The van der Waals surface area contributed by atoms with E-state index in [2.05, 4.69) is 11.4 Å². The Morgan fingerprint density at radius 3 is 3.21 bits per heavy atom. The fourth-order valence-corrected chi connectivity index (χ4v) is 2.37. The van der Waals surface area contributed by atoms with Crippen molar-refractivity contribution in [1.82, 2.24) is 4.81 Å². The van der Waals surface area contributed by atoms with Crippen molar-refractivity contribution in [3.8, 4) is 0 Å². The topological polar surface area (TPSA) is 12.5 Å². The number of hydrogen-bond acceptors (Lipinski definition) is 3. The van der Waals surface area contributed by atoms with Crippen LogP contribution >= 0.6 is 11.3 Å². The molecule has 74 valence electrons. The van der Waals surface area contributed by atoms with Gasteiger partial charge in [-0.25, -0.2) is 0 Å². The van der Waals surface area contributed by atoms with E-state index in [1.165, 1.54) is 17.7 Å². The molecule has 2 rings (SSSR count). The molecule has 2 radical (unpaired) electrons. The van der Waals surface area contributed by atoms with Crippen molar-refractivity contribution >= 4 is 19.3 Å². The molecule has 1 aliphatic rings. The van der Waals surface area contributed by atoms with Gasteiger partial charge in [0, 0.05) is 10.9 Å².